The van der Waals surface area contributed by atoms with Crippen molar-refractivity contribution in [3.05, 3.63) is 33.5 Å². The molecule has 0 aromatic carbocycles. The maximum Gasteiger partial charge on any atom is 0.228 e. The Labute approximate surface area is 139 Å². The summed E-state index contributed by atoms with van der Waals surface area (Å²) in [5.74, 6) is 1.85. The largest absolute Gasteiger partial charge is 0.491 e. The Balaban J connectivity index is 1.77. The van der Waals surface area contributed by atoms with Crippen LogP contribution in [0.1, 0.15) is 48.7 Å². The van der Waals surface area contributed by atoms with Crippen molar-refractivity contribution in [2.75, 3.05) is 19.1 Å². The van der Waals surface area contributed by atoms with Crippen LogP contribution in [0.5, 0.6) is 5.75 Å². The highest BCUT2D eigenvalue weighted by atomic mass is 32.1. The molecule has 0 atom stereocenters. The molecule has 0 spiro atoms. The van der Waals surface area contributed by atoms with E-state index in [0.29, 0.717) is 23.8 Å². The number of aromatic amines is 1. The van der Waals surface area contributed by atoms with Crippen LogP contribution in [0.4, 0.5) is 5.13 Å². The second kappa shape index (κ2) is 6.70. The van der Waals surface area contributed by atoms with Crippen molar-refractivity contribution in [3.8, 4) is 5.75 Å². The molecular weight excluding hydrogens is 312 g/mol. The number of methoxy groups -OCH3 is 1. The summed E-state index contributed by atoms with van der Waals surface area (Å²) in [6, 6.07) is 0. The molecule has 0 saturated heterocycles. The third-order valence-electron chi connectivity index (χ3n) is 4.39. The van der Waals surface area contributed by atoms with Gasteiger partial charge >= 0.3 is 0 Å². The summed E-state index contributed by atoms with van der Waals surface area (Å²) < 4.78 is 9.70. The summed E-state index contributed by atoms with van der Waals surface area (Å²) in [5.41, 5.74) is 1.33. The van der Waals surface area contributed by atoms with Gasteiger partial charge in [0.25, 0.3) is 0 Å². The minimum absolute atomic E-state index is 0.0730. The lowest BCUT2D eigenvalue weighted by molar-refractivity contribution is 0.404. The second-order valence-electron chi connectivity index (χ2n) is 6.07. The van der Waals surface area contributed by atoms with Crippen molar-refractivity contribution in [3.63, 3.8) is 0 Å². The van der Waals surface area contributed by atoms with Gasteiger partial charge < -0.3 is 14.6 Å². The van der Waals surface area contributed by atoms with Crippen molar-refractivity contribution >= 4 is 16.7 Å². The number of H-pyrrole nitrogens is 1. The Morgan fingerprint density at radius 1 is 1.43 bits per heavy atom. The molecule has 1 fully saturated rings. The SMILES string of the molecule is COc1c(C)[nH]cc(CN(C)c2nc(C3CCCC3)ns2)c1=O. The van der Waals surface area contributed by atoms with Gasteiger partial charge in [-0.1, -0.05) is 12.8 Å². The maximum atomic E-state index is 12.4. The van der Waals surface area contributed by atoms with Gasteiger partial charge in [0.1, 0.15) is 5.82 Å². The van der Waals surface area contributed by atoms with Crippen molar-refractivity contribution in [2.24, 2.45) is 0 Å². The average Bonchev–Trinajstić information content (AvgIpc) is 3.20. The Hall–Kier alpha value is -1.89. The Bertz CT molecular complexity index is 734. The first-order valence-corrected chi connectivity index (χ1v) is 8.67. The van der Waals surface area contributed by atoms with Gasteiger partial charge in [-0.2, -0.15) is 4.37 Å². The lowest BCUT2D eigenvalue weighted by Crippen LogP contribution is -2.23. The number of aryl methyl sites for hydroxylation is 1. The minimum Gasteiger partial charge on any atom is -0.491 e. The number of rotatable bonds is 5. The van der Waals surface area contributed by atoms with E-state index in [1.54, 1.807) is 6.20 Å². The first-order chi connectivity index (χ1) is 11.1. The topological polar surface area (TPSA) is 71.1 Å². The molecule has 1 N–H and O–H groups in total. The van der Waals surface area contributed by atoms with Crippen LogP contribution >= 0.6 is 11.5 Å². The number of hydrogen-bond acceptors (Lipinski definition) is 6. The molecule has 0 bridgehead atoms. The van der Waals surface area contributed by atoms with Crippen LogP contribution in [0.2, 0.25) is 0 Å². The highest BCUT2D eigenvalue weighted by Gasteiger charge is 2.22. The highest BCUT2D eigenvalue weighted by Crippen LogP contribution is 2.34. The van der Waals surface area contributed by atoms with Crippen molar-refractivity contribution in [2.45, 2.75) is 45.1 Å². The average molecular weight is 334 g/mol. The molecule has 2 aromatic heterocycles. The smallest absolute Gasteiger partial charge is 0.228 e. The number of pyridine rings is 1. The van der Waals surface area contributed by atoms with Crippen LogP contribution in [-0.2, 0) is 6.54 Å². The number of hydrogen-bond donors (Lipinski definition) is 1. The normalized spacial score (nSPS) is 15.1. The van der Waals surface area contributed by atoms with Gasteiger partial charge in [-0.25, -0.2) is 4.98 Å². The molecule has 1 aliphatic rings. The number of ether oxygens (including phenoxy) is 1. The zero-order chi connectivity index (χ0) is 16.4. The Kier molecular flexibility index (Phi) is 4.66. The number of aromatic nitrogens is 3. The van der Waals surface area contributed by atoms with Gasteiger partial charge in [0.2, 0.25) is 10.6 Å². The van der Waals surface area contributed by atoms with Crippen LogP contribution in [0, 0.1) is 6.92 Å². The van der Waals surface area contributed by atoms with Gasteiger partial charge in [-0.15, -0.1) is 0 Å². The van der Waals surface area contributed by atoms with Crippen LogP contribution in [0.15, 0.2) is 11.0 Å². The number of nitrogens with zero attached hydrogens (tertiary/aromatic N) is 3. The molecule has 2 heterocycles. The minimum atomic E-state index is -0.0730. The van der Waals surface area contributed by atoms with E-state index in [-0.39, 0.29) is 5.43 Å². The molecule has 124 valence electrons. The monoisotopic (exact) mass is 334 g/mol. The van der Waals surface area contributed by atoms with Crippen molar-refractivity contribution in [1.82, 2.24) is 14.3 Å². The van der Waals surface area contributed by atoms with Crippen LogP contribution in [0.3, 0.4) is 0 Å². The van der Waals surface area contributed by atoms with Crippen molar-refractivity contribution in [1.29, 1.82) is 0 Å². The molecule has 1 saturated carbocycles. The van der Waals surface area contributed by atoms with Crippen LogP contribution < -0.4 is 15.1 Å². The Morgan fingerprint density at radius 3 is 2.87 bits per heavy atom. The molecule has 3 rings (SSSR count). The standard InChI is InChI=1S/C16H22N4O2S/c1-10-14(22-3)13(21)12(8-17-10)9-20(2)16-18-15(19-23-16)11-6-4-5-7-11/h8,11H,4-7,9H2,1-3H3,(H,17,21). The first kappa shape index (κ1) is 16.0. The molecule has 23 heavy (non-hydrogen) atoms. The third-order valence-corrected chi connectivity index (χ3v) is 5.24. The van der Waals surface area contributed by atoms with Gasteiger partial charge in [0.15, 0.2) is 5.75 Å². The second-order valence-corrected chi connectivity index (χ2v) is 6.80. The van der Waals surface area contributed by atoms with E-state index in [9.17, 15) is 4.79 Å². The fraction of sp³-hybridized carbons (Fsp3) is 0.562. The molecule has 0 aliphatic heterocycles. The van der Waals surface area contributed by atoms with E-state index in [0.717, 1.165) is 16.6 Å². The zero-order valence-corrected chi connectivity index (χ0v) is 14.6. The summed E-state index contributed by atoms with van der Waals surface area (Å²) >= 11 is 1.40. The quantitative estimate of drug-likeness (QED) is 0.910. The third kappa shape index (κ3) is 3.24. The molecule has 0 unspecified atom stereocenters. The summed E-state index contributed by atoms with van der Waals surface area (Å²) in [6.07, 6.45) is 6.67. The predicted octanol–water partition coefficient (Wildman–Crippen LogP) is 2.84. The van der Waals surface area contributed by atoms with Gasteiger partial charge in [0, 0.05) is 36.3 Å². The summed E-state index contributed by atoms with van der Waals surface area (Å²) in [5, 5.41) is 0.853. The molecule has 0 amide bonds. The van der Waals surface area contributed by atoms with E-state index in [1.807, 2.05) is 18.9 Å². The zero-order valence-electron chi connectivity index (χ0n) is 13.8. The number of anilines is 1. The van der Waals surface area contributed by atoms with E-state index >= 15 is 0 Å². The molecule has 1 aliphatic carbocycles. The Morgan fingerprint density at radius 2 is 2.17 bits per heavy atom. The summed E-state index contributed by atoms with van der Waals surface area (Å²) in [7, 11) is 3.45. The van der Waals surface area contributed by atoms with E-state index in [1.165, 1.54) is 44.3 Å². The predicted molar refractivity (Wildman–Crippen MR) is 91.6 cm³/mol. The maximum absolute atomic E-state index is 12.4. The molecule has 2 aromatic rings. The lowest BCUT2D eigenvalue weighted by atomic mass is 10.1. The summed E-state index contributed by atoms with van der Waals surface area (Å²) in [6.45, 7) is 2.30. The molecule has 7 heteroatoms. The van der Waals surface area contributed by atoms with Gasteiger partial charge in [-0.3, -0.25) is 4.79 Å². The van der Waals surface area contributed by atoms with Crippen molar-refractivity contribution < 1.29 is 4.74 Å². The van der Waals surface area contributed by atoms with Gasteiger partial charge in [-0.05, 0) is 19.8 Å². The lowest BCUT2D eigenvalue weighted by Gasteiger charge is -2.15. The fourth-order valence-corrected chi connectivity index (χ4v) is 3.76. The fourth-order valence-electron chi connectivity index (χ4n) is 3.06. The van der Waals surface area contributed by atoms with E-state index < -0.39 is 0 Å². The van der Waals surface area contributed by atoms with Crippen LogP contribution in [0.25, 0.3) is 0 Å². The van der Waals surface area contributed by atoms with E-state index in [4.69, 9.17) is 4.74 Å². The van der Waals surface area contributed by atoms with E-state index in [2.05, 4.69) is 14.3 Å². The number of nitrogens with one attached hydrogen (secondary N) is 1. The highest BCUT2D eigenvalue weighted by molar-refractivity contribution is 7.09. The summed E-state index contributed by atoms with van der Waals surface area (Å²) in [4.78, 5) is 22.1. The van der Waals surface area contributed by atoms with Crippen LogP contribution in [-0.4, -0.2) is 28.5 Å². The first-order valence-electron chi connectivity index (χ1n) is 7.90. The van der Waals surface area contributed by atoms with Gasteiger partial charge in [0.05, 0.1) is 19.3 Å². The molecule has 0 radical (unpaired) electrons. The molecular formula is C16H22N4O2S. The molecule has 6 nitrogen and oxygen atoms in total.